The quantitative estimate of drug-likeness (QED) is 0.410. The van der Waals surface area contributed by atoms with Crippen molar-refractivity contribution in [3.8, 4) is 0 Å². The van der Waals surface area contributed by atoms with Crippen LogP contribution in [0.5, 0.6) is 0 Å². The fourth-order valence-corrected chi connectivity index (χ4v) is 1.85. The zero-order valence-corrected chi connectivity index (χ0v) is 8.71. The first-order valence-corrected chi connectivity index (χ1v) is 5.28. The highest BCUT2D eigenvalue weighted by Gasteiger charge is 2.28. The van der Waals surface area contributed by atoms with Crippen LogP contribution in [0.15, 0.2) is 11.6 Å². The molecule has 0 aliphatic carbocycles. The smallest absolute Gasteiger partial charge is 0.310 e. The van der Waals surface area contributed by atoms with Crippen molar-refractivity contribution in [2.45, 2.75) is 25.3 Å². The van der Waals surface area contributed by atoms with Crippen LogP contribution in [0.1, 0.15) is 19.3 Å². The van der Waals surface area contributed by atoms with Crippen LogP contribution in [0.4, 0.5) is 4.79 Å². The van der Waals surface area contributed by atoms with E-state index in [4.69, 9.17) is 0 Å². The fraction of sp³-hybridized carbons (Fsp3) is 0.500. The van der Waals surface area contributed by atoms with Gasteiger partial charge in [-0.05, 0) is 25.5 Å². The highest BCUT2D eigenvalue weighted by molar-refractivity contribution is 6.28. The third-order valence-electron chi connectivity index (χ3n) is 2.66. The minimum absolute atomic E-state index is 0.0130. The van der Waals surface area contributed by atoms with Crippen molar-refractivity contribution < 1.29 is 14.4 Å². The number of hydrogen-bond acceptors (Lipinski definition) is 4. The Morgan fingerprint density at radius 3 is 2.31 bits per heavy atom. The van der Waals surface area contributed by atoms with E-state index in [0.29, 0.717) is 0 Å². The van der Waals surface area contributed by atoms with Crippen LogP contribution in [0.25, 0.3) is 0 Å². The third kappa shape index (κ3) is 2.27. The molecule has 0 spiro atoms. The van der Waals surface area contributed by atoms with Crippen molar-refractivity contribution in [1.29, 1.82) is 0 Å². The summed E-state index contributed by atoms with van der Waals surface area (Å²) in [6, 6.07) is -0.725. The van der Waals surface area contributed by atoms with Gasteiger partial charge < -0.3 is 5.32 Å². The zero-order valence-electron chi connectivity index (χ0n) is 8.71. The van der Waals surface area contributed by atoms with Crippen LogP contribution in [0.3, 0.4) is 0 Å². The van der Waals surface area contributed by atoms with Gasteiger partial charge in [0.25, 0.3) is 11.8 Å². The average molecular weight is 223 g/mol. The number of barbiturate groups is 1. The van der Waals surface area contributed by atoms with Crippen molar-refractivity contribution in [2.24, 2.45) is 0 Å². The Morgan fingerprint density at radius 1 is 1.06 bits per heavy atom. The van der Waals surface area contributed by atoms with Gasteiger partial charge in [0.2, 0.25) is 0 Å². The van der Waals surface area contributed by atoms with E-state index in [1.165, 1.54) is 0 Å². The second kappa shape index (κ2) is 4.44. The summed E-state index contributed by atoms with van der Waals surface area (Å²) >= 11 is 0. The molecule has 4 amide bonds. The van der Waals surface area contributed by atoms with Crippen molar-refractivity contribution in [3.05, 3.63) is 11.6 Å². The minimum atomic E-state index is -0.760. The van der Waals surface area contributed by atoms with Gasteiger partial charge in [0.1, 0.15) is 5.57 Å². The Bertz CT molecular complexity index is 348. The number of carbonyl (C=O) groups is 3. The van der Waals surface area contributed by atoms with E-state index >= 15 is 0 Å². The summed E-state index contributed by atoms with van der Waals surface area (Å²) in [5, 5.41) is 7.28. The molecule has 2 saturated heterocycles. The molecule has 6 heteroatoms. The van der Waals surface area contributed by atoms with E-state index in [2.05, 4.69) is 5.32 Å². The molecule has 3 N–H and O–H groups in total. The maximum absolute atomic E-state index is 11.4. The normalized spacial score (nSPS) is 26.1. The Hall–Kier alpha value is -1.69. The number of nitrogens with one attached hydrogen (secondary N) is 3. The van der Waals surface area contributed by atoms with Crippen molar-refractivity contribution in [1.82, 2.24) is 16.0 Å². The Morgan fingerprint density at radius 2 is 1.75 bits per heavy atom. The predicted octanol–water partition coefficient (Wildman–Crippen LogP) is -0.579. The zero-order chi connectivity index (χ0) is 11.5. The summed E-state index contributed by atoms with van der Waals surface area (Å²) in [5.74, 6) is -1.25. The van der Waals surface area contributed by atoms with E-state index in [0.717, 1.165) is 25.8 Å². The van der Waals surface area contributed by atoms with Gasteiger partial charge in [0.15, 0.2) is 0 Å². The molecule has 6 nitrogen and oxygen atoms in total. The van der Waals surface area contributed by atoms with E-state index < -0.39 is 17.8 Å². The van der Waals surface area contributed by atoms with Gasteiger partial charge in [-0.2, -0.15) is 0 Å². The molecule has 1 unspecified atom stereocenters. The van der Waals surface area contributed by atoms with Crippen LogP contribution < -0.4 is 16.0 Å². The molecule has 2 aliphatic rings. The number of piperidine rings is 1. The number of rotatable bonds is 1. The number of carbonyl (C=O) groups excluding carboxylic acids is 3. The number of amides is 4. The van der Waals surface area contributed by atoms with E-state index in [-0.39, 0.29) is 11.6 Å². The van der Waals surface area contributed by atoms with Gasteiger partial charge in [0.05, 0.1) is 0 Å². The molecule has 1 atom stereocenters. The summed E-state index contributed by atoms with van der Waals surface area (Å²) < 4.78 is 0. The molecular formula is C10H13N3O3. The minimum Gasteiger partial charge on any atom is -0.310 e. The van der Waals surface area contributed by atoms with Gasteiger partial charge in [-0.15, -0.1) is 0 Å². The maximum Gasteiger partial charge on any atom is 0.328 e. The van der Waals surface area contributed by atoms with Crippen LogP contribution in [0.2, 0.25) is 0 Å². The van der Waals surface area contributed by atoms with Gasteiger partial charge in [0, 0.05) is 6.04 Å². The highest BCUT2D eigenvalue weighted by Crippen LogP contribution is 2.11. The first-order valence-electron chi connectivity index (χ1n) is 5.28. The van der Waals surface area contributed by atoms with Gasteiger partial charge >= 0.3 is 6.03 Å². The molecule has 0 aromatic heterocycles. The summed E-state index contributed by atoms with van der Waals surface area (Å²) in [7, 11) is 0. The number of urea groups is 1. The molecule has 2 aliphatic heterocycles. The van der Waals surface area contributed by atoms with Crippen molar-refractivity contribution in [2.75, 3.05) is 6.54 Å². The molecule has 2 rings (SSSR count). The Kier molecular flexibility index (Phi) is 3.00. The van der Waals surface area contributed by atoms with Crippen molar-refractivity contribution in [3.63, 3.8) is 0 Å². The van der Waals surface area contributed by atoms with Crippen molar-refractivity contribution >= 4 is 17.8 Å². The summed E-state index contributed by atoms with van der Waals surface area (Å²) in [4.78, 5) is 33.6. The molecule has 2 fully saturated rings. The lowest BCUT2D eigenvalue weighted by atomic mass is 10.0. The first kappa shape index (κ1) is 10.8. The largest absolute Gasteiger partial charge is 0.328 e. The molecule has 0 aromatic rings. The van der Waals surface area contributed by atoms with Crippen LogP contribution in [-0.2, 0) is 9.59 Å². The van der Waals surface area contributed by atoms with Gasteiger partial charge in [-0.1, -0.05) is 6.42 Å². The molecule has 0 aromatic carbocycles. The second-order valence-corrected chi connectivity index (χ2v) is 3.87. The molecule has 86 valence electrons. The number of imide groups is 2. The standard InChI is InChI=1S/C10H13N3O3/c14-8-7(9(15)13-10(16)12-8)5-6-3-1-2-4-11-6/h5-6,11H,1-4H2,(H2,12,13,14,15,16). The van der Waals surface area contributed by atoms with E-state index in [1.807, 2.05) is 10.6 Å². The Labute approximate surface area is 92.5 Å². The Balaban J connectivity index is 2.11. The molecule has 2 heterocycles. The van der Waals surface area contributed by atoms with Crippen LogP contribution in [-0.4, -0.2) is 30.4 Å². The fourth-order valence-electron chi connectivity index (χ4n) is 1.85. The summed E-state index contributed by atoms with van der Waals surface area (Å²) in [5.41, 5.74) is 0.0130. The molecule has 16 heavy (non-hydrogen) atoms. The lowest BCUT2D eigenvalue weighted by Gasteiger charge is -2.22. The topological polar surface area (TPSA) is 87.3 Å². The SMILES string of the molecule is O=C1NC(=O)C(=CC2CCCCN2)C(=O)N1. The molecule has 0 radical (unpaired) electrons. The van der Waals surface area contributed by atoms with E-state index in [1.54, 1.807) is 6.08 Å². The van der Waals surface area contributed by atoms with Crippen LogP contribution in [0, 0.1) is 0 Å². The van der Waals surface area contributed by atoms with Gasteiger partial charge in [-0.3, -0.25) is 20.2 Å². The molecule has 0 bridgehead atoms. The lowest BCUT2D eigenvalue weighted by molar-refractivity contribution is -0.124. The van der Waals surface area contributed by atoms with Crippen LogP contribution >= 0.6 is 0 Å². The second-order valence-electron chi connectivity index (χ2n) is 3.87. The molecular weight excluding hydrogens is 210 g/mol. The maximum atomic E-state index is 11.4. The molecule has 0 saturated carbocycles. The summed E-state index contributed by atoms with van der Waals surface area (Å²) in [6.07, 6.45) is 4.68. The van der Waals surface area contributed by atoms with Gasteiger partial charge in [-0.25, -0.2) is 4.79 Å². The third-order valence-corrected chi connectivity index (χ3v) is 2.66. The predicted molar refractivity (Wildman–Crippen MR) is 55.4 cm³/mol. The number of hydrogen-bond donors (Lipinski definition) is 3. The lowest BCUT2D eigenvalue weighted by Crippen LogP contribution is -2.52. The highest BCUT2D eigenvalue weighted by atomic mass is 16.2. The summed E-state index contributed by atoms with van der Waals surface area (Å²) in [6.45, 7) is 0.886. The first-order chi connectivity index (χ1) is 7.66. The monoisotopic (exact) mass is 223 g/mol. The van der Waals surface area contributed by atoms with E-state index in [9.17, 15) is 14.4 Å². The average Bonchev–Trinajstić information content (AvgIpc) is 2.25.